The topological polar surface area (TPSA) is 72.2 Å². The molecule has 1 unspecified atom stereocenters. The summed E-state index contributed by atoms with van der Waals surface area (Å²) in [6.07, 6.45) is 1.93. The maximum absolute atomic E-state index is 14.0. The van der Waals surface area contributed by atoms with E-state index in [0.29, 0.717) is 0 Å². The molecule has 0 amide bonds. The average molecular weight is 406 g/mol. The van der Waals surface area contributed by atoms with E-state index in [4.69, 9.17) is 17.3 Å². The lowest BCUT2D eigenvalue weighted by Gasteiger charge is -2.14. The third kappa shape index (κ3) is 4.24. The van der Waals surface area contributed by atoms with Crippen molar-refractivity contribution in [3.05, 3.63) is 21.4 Å². The fourth-order valence-corrected chi connectivity index (χ4v) is 4.00. The van der Waals surface area contributed by atoms with E-state index in [2.05, 4.69) is 20.7 Å². The maximum atomic E-state index is 14.0. The van der Waals surface area contributed by atoms with Gasteiger partial charge in [-0.05, 0) is 39.9 Å². The number of benzene rings is 1. The number of sulfonamides is 1. The Kier molecular flexibility index (Phi) is 6.59. The fraction of sp³-hybridized carbons (Fsp3) is 0.455. The summed E-state index contributed by atoms with van der Waals surface area (Å²) in [4.78, 5) is -0.542. The van der Waals surface area contributed by atoms with Gasteiger partial charge in [0.2, 0.25) is 10.0 Å². The highest BCUT2D eigenvalue weighted by molar-refractivity contribution is 9.10. The van der Waals surface area contributed by atoms with Gasteiger partial charge in [-0.3, -0.25) is 0 Å². The van der Waals surface area contributed by atoms with Gasteiger partial charge < -0.3 is 5.73 Å². The summed E-state index contributed by atoms with van der Waals surface area (Å²) in [5.41, 5.74) is 5.16. The van der Waals surface area contributed by atoms with Crippen LogP contribution >= 0.6 is 39.3 Å². The number of rotatable bonds is 6. The zero-order chi connectivity index (χ0) is 15.5. The van der Waals surface area contributed by atoms with E-state index in [1.807, 2.05) is 13.2 Å². The number of hydrogen-bond donors (Lipinski definition) is 2. The SMILES string of the molecule is CSCC(C)CNS(=O)(=O)c1cc(Cl)c(Br)c(N)c1F. The van der Waals surface area contributed by atoms with Crippen LogP contribution in [-0.2, 0) is 10.0 Å². The van der Waals surface area contributed by atoms with Crippen LogP contribution in [0.2, 0.25) is 5.02 Å². The minimum atomic E-state index is -3.99. The predicted octanol–water partition coefficient (Wildman–Crippen LogP) is 3.10. The molecule has 0 saturated carbocycles. The van der Waals surface area contributed by atoms with E-state index in [0.717, 1.165) is 11.8 Å². The molecule has 0 aliphatic rings. The minimum Gasteiger partial charge on any atom is -0.395 e. The van der Waals surface area contributed by atoms with Crippen LogP contribution in [-0.4, -0.2) is 27.0 Å². The summed E-state index contributed by atoms with van der Waals surface area (Å²) < 4.78 is 40.7. The monoisotopic (exact) mass is 404 g/mol. The molecule has 3 N–H and O–H groups in total. The molecule has 0 bridgehead atoms. The second kappa shape index (κ2) is 7.31. The van der Waals surface area contributed by atoms with E-state index in [1.54, 1.807) is 11.8 Å². The number of nitrogens with one attached hydrogen (secondary N) is 1. The van der Waals surface area contributed by atoms with Crippen molar-refractivity contribution in [2.75, 3.05) is 24.3 Å². The van der Waals surface area contributed by atoms with E-state index in [-0.39, 0.29) is 27.6 Å². The van der Waals surface area contributed by atoms with Crippen LogP contribution in [0.15, 0.2) is 15.4 Å². The molecule has 0 spiro atoms. The van der Waals surface area contributed by atoms with E-state index in [1.165, 1.54) is 0 Å². The first-order valence-corrected chi connectivity index (χ1v) is 9.67. The summed E-state index contributed by atoms with van der Waals surface area (Å²) in [5.74, 6) is -0.0776. The first kappa shape index (κ1) is 18.0. The molecule has 0 aliphatic heterocycles. The fourth-order valence-electron chi connectivity index (χ4n) is 1.47. The molecule has 0 radical (unpaired) electrons. The summed E-state index contributed by atoms with van der Waals surface area (Å²) in [6.45, 7) is 2.12. The smallest absolute Gasteiger partial charge is 0.243 e. The van der Waals surface area contributed by atoms with E-state index >= 15 is 0 Å². The summed E-state index contributed by atoms with van der Waals surface area (Å²) >= 11 is 10.4. The molecule has 1 aromatic rings. The van der Waals surface area contributed by atoms with Gasteiger partial charge in [0.15, 0.2) is 5.82 Å². The lowest BCUT2D eigenvalue weighted by Crippen LogP contribution is -2.30. The Labute approximate surface area is 135 Å². The Morgan fingerprint density at radius 1 is 1.60 bits per heavy atom. The quantitative estimate of drug-likeness (QED) is 0.563. The number of anilines is 1. The lowest BCUT2D eigenvalue weighted by atomic mass is 10.2. The van der Waals surface area contributed by atoms with Crippen LogP contribution in [0.5, 0.6) is 0 Å². The normalized spacial score (nSPS) is 13.4. The molecule has 0 fully saturated rings. The number of thioether (sulfide) groups is 1. The first-order valence-electron chi connectivity index (χ1n) is 5.62. The maximum Gasteiger partial charge on any atom is 0.243 e. The predicted molar refractivity (Wildman–Crippen MR) is 86.3 cm³/mol. The van der Waals surface area contributed by atoms with Gasteiger partial charge in [0, 0.05) is 6.54 Å². The molecule has 0 heterocycles. The second-order valence-corrected chi connectivity index (χ2v) is 8.16. The highest BCUT2D eigenvalue weighted by atomic mass is 79.9. The van der Waals surface area contributed by atoms with Crippen molar-refractivity contribution in [1.29, 1.82) is 0 Å². The van der Waals surface area contributed by atoms with Crippen LogP contribution < -0.4 is 10.5 Å². The van der Waals surface area contributed by atoms with Gasteiger partial charge in [-0.2, -0.15) is 11.8 Å². The second-order valence-electron chi connectivity index (χ2n) is 4.31. The average Bonchev–Trinajstić information content (AvgIpc) is 2.38. The van der Waals surface area contributed by atoms with Crippen LogP contribution in [0.4, 0.5) is 10.1 Å². The van der Waals surface area contributed by atoms with Gasteiger partial charge in [-0.25, -0.2) is 17.5 Å². The van der Waals surface area contributed by atoms with E-state index in [9.17, 15) is 12.8 Å². The molecule has 0 aliphatic carbocycles. The Morgan fingerprint density at radius 2 is 2.20 bits per heavy atom. The molecule has 0 saturated heterocycles. The first-order chi connectivity index (χ1) is 9.20. The Balaban J connectivity index is 3.05. The highest BCUT2D eigenvalue weighted by Crippen LogP contribution is 2.34. The van der Waals surface area contributed by atoms with Gasteiger partial charge in [0.05, 0.1) is 15.2 Å². The van der Waals surface area contributed by atoms with Crippen molar-refractivity contribution in [2.24, 2.45) is 5.92 Å². The van der Waals surface area contributed by atoms with Gasteiger partial charge in [-0.15, -0.1) is 0 Å². The van der Waals surface area contributed by atoms with Crippen molar-refractivity contribution in [2.45, 2.75) is 11.8 Å². The third-order valence-corrected chi connectivity index (χ3v) is 6.23. The molecule has 0 aromatic heterocycles. The number of hydrogen-bond acceptors (Lipinski definition) is 4. The van der Waals surface area contributed by atoms with Crippen LogP contribution in [0.3, 0.4) is 0 Å². The van der Waals surface area contributed by atoms with Gasteiger partial charge >= 0.3 is 0 Å². The molecule has 4 nitrogen and oxygen atoms in total. The van der Waals surface area contributed by atoms with Crippen molar-refractivity contribution in [3.63, 3.8) is 0 Å². The Bertz CT molecular complexity index is 599. The van der Waals surface area contributed by atoms with Gasteiger partial charge in [0.25, 0.3) is 0 Å². The van der Waals surface area contributed by atoms with Crippen LogP contribution in [0, 0.1) is 11.7 Å². The van der Waals surface area contributed by atoms with Crippen molar-refractivity contribution in [1.82, 2.24) is 4.72 Å². The standard InChI is InChI=1S/C11H15BrClFN2O2S2/c1-6(5-19-2)4-16-20(17,18)8-3-7(13)9(12)11(15)10(8)14/h3,6,16H,4-5,15H2,1-2H3. The molecule has 1 atom stereocenters. The number of nitrogen functional groups attached to an aromatic ring is 1. The molecular formula is C11H15BrClFN2O2S2. The number of nitrogens with two attached hydrogens (primary N) is 1. The molecule has 20 heavy (non-hydrogen) atoms. The largest absolute Gasteiger partial charge is 0.395 e. The Hall–Kier alpha value is -0.0200. The molecule has 1 rings (SSSR count). The van der Waals surface area contributed by atoms with Gasteiger partial charge in [0.1, 0.15) is 4.90 Å². The molecule has 114 valence electrons. The zero-order valence-corrected chi connectivity index (χ0v) is 14.9. The lowest BCUT2D eigenvalue weighted by molar-refractivity contribution is 0.546. The Morgan fingerprint density at radius 3 is 2.75 bits per heavy atom. The van der Waals surface area contributed by atoms with Crippen LogP contribution in [0.1, 0.15) is 6.92 Å². The van der Waals surface area contributed by atoms with Crippen molar-refractivity contribution in [3.8, 4) is 0 Å². The van der Waals surface area contributed by atoms with Crippen molar-refractivity contribution >= 4 is 55.0 Å². The van der Waals surface area contributed by atoms with E-state index < -0.39 is 20.7 Å². The summed E-state index contributed by atoms with van der Waals surface area (Å²) in [5, 5.41) is 0.0430. The number of halogens is 3. The van der Waals surface area contributed by atoms with Gasteiger partial charge in [-0.1, -0.05) is 18.5 Å². The summed E-state index contributed by atoms with van der Waals surface area (Å²) in [7, 11) is -3.99. The van der Waals surface area contributed by atoms with Crippen molar-refractivity contribution < 1.29 is 12.8 Å². The molecule has 1 aromatic carbocycles. The zero-order valence-electron chi connectivity index (χ0n) is 10.9. The summed E-state index contributed by atoms with van der Waals surface area (Å²) in [6, 6.07) is 1.04. The van der Waals surface area contributed by atoms with Crippen LogP contribution in [0.25, 0.3) is 0 Å². The molecular weight excluding hydrogens is 391 g/mol. The molecule has 9 heteroatoms. The minimum absolute atomic E-state index is 0.0430. The third-order valence-electron chi connectivity index (χ3n) is 2.52. The highest BCUT2D eigenvalue weighted by Gasteiger charge is 2.24.